The number of carbonyl (C=O) groups excluding carboxylic acids is 2. The van der Waals surface area contributed by atoms with Crippen molar-refractivity contribution in [3.8, 4) is 6.07 Å². The first kappa shape index (κ1) is 16.4. The lowest BCUT2D eigenvalue weighted by molar-refractivity contribution is -0.125. The van der Waals surface area contributed by atoms with Crippen molar-refractivity contribution < 1.29 is 9.59 Å². The largest absolute Gasteiger partial charge is 0.353 e. The fourth-order valence-electron chi connectivity index (χ4n) is 2.12. The van der Waals surface area contributed by atoms with Crippen LogP contribution in [0, 0.1) is 17.2 Å². The molecular formula is C14H24N4O2. The van der Waals surface area contributed by atoms with Gasteiger partial charge in [-0.25, -0.2) is 0 Å². The standard InChI is InChI=1S/C14H24N4O2/c1-10(2)16-12(19)7-18(4)8-13(20)17-14(3,9-15)11-5-6-11/h10-11H,5-8H2,1-4H3,(H,16,19)(H,17,20)/t14-/m1/s1. The van der Waals surface area contributed by atoms with Gasteiger partial charge in [0, 0.05) is 6.04 Å². The molecule has 0 bridgehead atoms. The van der Waals surface area contributed by atoms with E-state index in [1.807, 2.05) is 13.8 Å². The summed E-state index contributed by atoms with van der Waals surface area (Å²) in [5.74, 6) is -0.0765. The van der Waals surface area contributed by atoms with Gasteiger partial charge in [-0.1, -0.05) is 0 Å². The molecule has 0 saturated heterocycles. The Hall–Kier alpha value is -1.61. The Morgan fingerprint density at radius 2 is 1.90 bits per heavy atom. The lowest BCUT2D eigenvalue weighted by Crippen LogP contribution is -2.50. The predicted octanol–water partition coefficient (Wildman–Crippen LogP) is 0.251. The summed E-state index contributed by atoms with van der Waals surface area (Å²) in [4.78, 5) is 25.1. The fraction of sp³-hybridized carbons (Fsp3) is 0.786. The van der Waals surface area contributed by atoms with Crippen LogP contribution in [0.4, 0.5) is 0 Å². The first-order valence-corrected chi connectivity index (χ1v) is 6.97. The molecule has 0 aromatic heterocycles. The van der Waals surface area contributed by atoms with Gasteiger partial charge < -0.3 is 10.6 Å². The average molecular weight is 280 g/mol. The second kappa shape index (κ2) is 6.71. The molecule has 0 radical (unpaired) electrons. The van der Waals surface area contributed by atoms with Gasteiger partial charge in [0.2, 0.25) is 11.8 Å². The van der Waals surface area contributed by atoms with Crippen LogP contribution in [0.3, 0.4) is 0 Å². The van der Waals surface area contributed by atoms with Gasteiger partial charge in [0.15, 0.2) is 0 Å². The first-order chi connectivity index (χ1) is 9.26. The van der Waals surface area contributed by atoms with Crippen LogP contribution in [0.1, 0.15) is 33.6 Å². The number of rotatable bonds is 7. The summed E-state index contributed by atoms with van der Waals surface area (Å²) >= 11 is 0. The number of likely N-dealkylation sites (N-methyl/N-ethyl adjacent to an activating group) is 1. The number of nitrogens with zero attached hydrogens (tertiary/aromatic N) is 2. The van der Waals surface area contributed by atoms with E-state index < -0.39 is 5.54 Å². The van der Waals surface area contributed by atoms with Crippen molar-refractivity contribution in [2.45, 2.75) is 45.2 Å². The molecule has 1 saturated carbocycles. The molecule has 2 N–H and O–H groups in total. The van der Waals surface area contributed by atoms with Crippen LogP contribution in [-0.2, 0) is 9.59 Å². The van der Waals surface area contributed by atoms with Crippen LogP contribution in [-0.4, -0.2) is 48.4 Å². The highest BCUT2D eigenvalue weighted by atomic mass is 16.2. The molecule has 0 heterocycles. The molecule has 1 aliphatic carbocycles. The monoisotopic (exact) mass is 280 g/mol. The van der Waals surface area contributed by atoms with Gasteiger partial charge >= 0.3 is 0 Å². The Labute approximate surface area is 120 Å². The highest BCUT2D eigenvalue weighted by Gasteiger charge is 2.43. The number of amides is 2. The van der Waals surface area contributed by atoms with Gasteiger partial charge in [-0.3, -0.25) is 14.5 Å². The Bertz CT molecular complexity index is 412. The molecular weight excluding hydrogens is 256 g/mol. The zero-order valence-corrected chi connectivity index (χ0v) is 12.7. The van der Waals surface area contributed by atoms with E-state index in [0.717, 1.165) is 12.8 Å². The molecule has 112 valence electrons. The van der Waals surface area contributed by atoms with Crippen molar-refractivity contribution in [3.63, 3.8) is 0 Å². The van der Waals surface area contributed by atoms with Gasteiger partial charge in [0.05, 0.1) is 19.2 Å². The Morgan fingerprint density at radius 3 is 2.35 bits per heavy atom. The van der Waals surface area contributed by atoms with E-state index in [2.05, 4.69) is 16.7 Å². The van der Waals surface area contributed by atoms with E-state index in [1.54, 1.807) is 18.9 Å². The minimum Gasteiger partial charge on any atom is -0.353 e. The maximum Gasteiger partial charge on any atom is 0.235 e. The van der Waals surface area contributed by atoms with Crippen molar-refractivity contribution in [2.24, 2.45) is 5.92 Å². The lowest BCUT2D eigenvalue weighted by atomic mass is 9.98. The molecule has 0 unspecified atom stereocenters. The molecule has 20 heavy (non-hydrogen) atoms. The summed E-state index contributed by atoms with van der Waals surface area (Å²) in [6, 6.07) is 2.27. The predicted molar refractivity (Wildman–Crippen MR) is 75.7 cm³/mol. The summed E-state index contributed by atoms with van der Waals surface area (Å²) in [5.41, 5.74) is -0.780. The van der Waals surface area contributed by atoms with Crippen molar-refractivity contribution in [1.29, 1.82) is 5.26 Å². The number of carbonyl (C=O) groups is 2. The topological polar surface area (TPSA) is 85.2 Å². The molecule has 0 aromatic carbocycles. The van der Waals surface area contributed by atoms with E-state index in [1.165, 1.54) is 0 Å². The summed E-state index contributed by atoms with van der Waals surface area (Å²) in [6.07, 6.45) is 1.97. The maximum absolute atomic E-state index is 11.9. The quantitative estimate of drug-likeness (QED) is 0.700. The molecule has 0 spiro atoms. The van der Waals surface area contributed by atoms with E-state index >= 15 is 0 Å². The third kappa shape index (κ3) is 5.17. The summed E-state index contributed by atoms with van der Waals surface area (Å²) in [6.45, 7) is 5.80. The van der Waals surface area contributed by atoms with Crippen molar-refractivity contribution in [3.05, 3.63) is 0 Å². The molecule has 6 heteroatoms. The number of nitriles is 1. The average Bonchev–Trinajstić information content (AvgIpc) is 3.10. The van der Waals surface area contributed by atoms with Crippen LogP contribution in [0.25, 0.3) is 0 Å². The molecule has 6 nitrogen and oxygen atoms in total. The normalized spacial score (nSPS) is 17.4. The van der Waals surface area contributed by atoms with E-state index in [-0.39, 0.29) is 36.9 Å². The van der Waals surface area contributed by atoms with Gasteiger partial charge in [-0.15, -0.1) is 0 Å². The second-order valence-corrected chi connectivity index (χ2v) is 6.03. The van der Waals surface area contributed by atoms with E-state index in [4.69, 9.17) is 0 Å². The summed E-state index contributed by atoms with van der Waals surface area (Å²) in [5, 5.41) is 14.7. The second-order valence-electron chi connectivity index (χ2n) is 6.03. The van der Waals surface area contributed by atoms with Crippen molar-refractivity contribution >= 4 is 11.8 Å². The van der Waals surface area contributed by atoms with E-state index in [0.29, 0.717) is 0 Å². The highest BCUT2D eigenvalue weighted by Crippen LogP contribution is 2.39. The Morgan fingerprint density at radius 1 is 1.35 bits per heavy atom. The van der Waals surface area contributed by atoms with Gasteiger partial charge in [-0.05, 0) is 46.6 Å². The van der Waals surface area contributed by atoms with Crippen molar-refractivity contribution in [2.75, 3.05) is 20.1 Å². The Kier molecular flexibility index (Phi) is 5.52. The van der Waals surface area contributed by atoms with Crippen LogP contribution in [0.15, 0.2) is 0 Å². The van der Waals surface area contributed by atoms with E-state index in [9.17, 15) is 14.9 Å². The number of hydrogen-bond donors (Lipinski definition) is 2. The zero-order valence-electron chi connectivity index (χ0n) is 12.7. The van der Waals surface area contributed by atoms with Crippen LogP contribution in [0.5, 0.6) is 0 Å². The van der Waals surface area contributed by atoms with Crippen LogP contribution >= 0.6 is 0 Å². The fourth-order valence-corrected chi connectivity index (χ4v) is 2.12. The molecule has 1 rings (SSSR count). The van der Waals surface area contributed by atoms with Crippen LogP contribution < -0.4 is 10.6 Å². The lowest BCUT2D eigenvalue weighted by Gasteiger charge is -2.24. The Balaban J connectivity index is 2.38. The third-order valence-corrected chi connectivity index (χ3v) is 3.30. The minimum absolute atomic E-state index is 0.0847. The van der Waals surface area contributed by atoms with Crippen LogP contribution in [0.2, 0.25) is 0 Å². The molecule has 0 aromatic rings. The third-order valence-electron chi connectivity index (χ3n) is 3.30. The zero-order chi connectivity index (χ0) is 15.3. The highest BCUT2D eigenvalue weighted by molar-refractivity contribution is 5.81. The molecule has 1 fully saturated rings. The summed E-state index contributed by atoms with van der Waals surface area (Å²) < 4.78 is 0. The van der Waals surface area contributed by atoms with Crippen molar-refractivity contribution in [1.82, 2.24) is 15.5 Å². The SMILES string of the molecule is CC(C)NC(=O)CN(C)CC(=O)N[C@](C)(C#N)C1CC1. The first-order valence-electron chi connectivity index (χ1n) is 6.97. The molecule has 0 aliphatic heterocycles. The van der Waals surface area contributed by atoms with Gasteiger partial charge in [0.1, 0.15) is 5.54 Å². The maximum atomic E-state index is 11.9. The molecule has 1 atom stereocenters. The minimum atomic E-state index is -0.780. The summed E-state index contributed by atoms with van der Waals surface area (Å²) in [7, 11) is 1.71. The molecule has 1 aliphatic rings. The van der Waals surface area contributed by atoms with Gasteiger partial charge in [-0.2, -0.15) is 5.26 Å². The molecule has 2 amide bonds. The van der Waals surface area contributed by atoms with Gasteiger partial charge in [0.25, 0.3) is 0 Å². The smallest absolute Gasteiger partial charge is 0.235 e. The number of hydrogen-bond acceptors (Lipinski definition) is 4. The number of nitrogens with one attached hydrogen (secondary N) is 2.